The monoisotopic (exact) mass is 406 g/mol. The predicted molar refractivity (Wildman–Crippen MR) is 111 cm³/mol. The van der Waals surface area contributed by atoms with Gasteiger partial charge < -0.3 is 21.3 Å². The van der Waals surface area contributed by atoms with Gasteiger partial charge in [0.25, 0.3) is 5.91 Å². The molecule has 0 radical (unpaired) electrons. The van der Waals surface area contributed by atoms with Crippen molar-refractivity contribution in [3.63, 3.8) is 0 Å². The molecule has 0 saturated carbocycles. The Balaban J connectivity index is 0. The van der Waals surface area contributed by atoms with Gasteiger partial charge in [-0.15, -0.1) is 24.8 Å². The molecule has 0 spiro atoms. The number of carbonyl (C=O) groups excluding carboxylic acids is 2. The molecule has 1 aromatic carbocycles. The number of hydrogen-bond acceptors (Lipinski definition) is 4. The van der Waals surface area contributed by atoms with Crippen molar-refractivity contribution in [2.24, 2.45) is 11.7 Å². The second-order valence-electron chi connectivity index (χ2n) is 6.39. The fourth-order valence-electron chi connectivity index (χ4n) is 2.09. The summed E-state index contributed by atoms with van der Waals surface area (Å²) in [5.74, 6) is -0.0840. The number of nitrogens with zero attached hydrogens (tertiary/aromatic N) is 1. The first-order valence-electron chi connectivity index (χ1n) is 8.40. The number of likely N-dealkylation sites (N-methyl/N-ethyl adjacent to an activating group) is 1. The van der Waals surface area contributed by atoms with Crippen LogP contribution in [0.3, 0.4) is 0 Å². The first kappa shape index (κ1) is 26.9. The summed E-state index contributed by atoms with van der Waals surface area (Å²) in [4.78, 5) is 26.0. The van der Waals surface area contributed by atoms with Crippen LogP contribution in [0.4, 0.5) is 0 Å². The van der Waals surface area contributed by atoms with Crippen molar-refractivity contribution in [1.29, 1.82) is 0 Å². The van der Waals surface area contributed by atoms with Crippen molar-refractivity contribution in [2.75, 3.05) is 27.2 Å². The van der Waals surface area contributed by atoms with Crippen LogP contribution in [0, 0.1) is 5.92 Å². The molecule has 2 unspecified atom stereocenters. The van der Waals surface area contributed by atoms with E-state index in [1.807, 2.05) is 45.0 Å². The maximum atomic E-state index is 12.0. The van der Waals surface area contributed by atoms with E-state index in [0.29, 0.717) is 18.7 Å². The van der Waals surface area contributed by atoms with E-state index in [0.717, 1.165) is 18.5 Å². The first-order valence-corrected chi connectivity index (χ1v) is 8.40. The molecule has 0 aliphatic carbocycles. The van der Waals surface area contributed by atoms with Crippen molar-refractivity contribution in [3.05, 3.63) is 35.4 Å². The van der Waals surface area contributed by atoms with Crippen LogP contribution in [-0.4, -0.2) is 49.9 Å². The molecule has 1 rings (SSSR count). The van der Waals surface area contributed by atoms with E-state index in [9.17, 15) is 9.59 Å². The van der Waals surface area contributed by atoms with Gasteiger partial charge in [0.2, 0.25) is 5.91 Å². The average molecular weight is 407 g/mol. The highest BCUT2D eigenvalue weighted by molar-refractivity contribution is 5.94. The van der Waals surface area contributed by atoms with Crippen LogP contribution in [0.1, 0.15) is 36.2 Å². The van der Waals surface area contributed by atoms with Crippen molar-refractivity contribution >= 4 is 36.6 Å². The smallest absolute Gasteiger partial charge is 0.251 e. The third-order valence-corrected chi connectivity index (χ3v) is 4.09. The molecule has 0 aliphatic rings. The molecule has 1 aromatic rings. The summed E-state index contributed by atoms with van der Waals surface area (Å²) in [5.41, 5.74) is 7.44. The van der Waals surface area contributed by atoms with E-state index in [1.165, 1.54) is 0 Å². The Morgan fingerprint density at radius 2 is 1.69 bits per heavy atom. The number of amides is 2. The van der Waals surface area contributed by atoms with E-state index < -0.39 is 6.04 Å². The average Bonchev–Trinajstić information content (AvgIpc) is 2.58. The van der Waals surface area contributed by atoms with Gasteiger partial charge in [0, 0.05) is 25.2 Å². The third kappa shape index (κ3) is 9.38. The minimum Gasteiger partial charge on any atom is -0.351 e. The number of benzene rings is 1. The van der Waals surface area contributed by atoms with Crippen LogP contribution in [0.25, 0.3) is 0 Å². The van der Waals surface area contributed by atoms with Gasteiger partial charge in [0.05, 0.1) is 6.04 Å². The Morgan fingerprint density at radius 3 is 2.19 bits per heavy atom. The number of nitrogens with one attached hydrogen (secondary N) is 2. The lowest BCUT2D eigenvalue weighted by Gasteiger charge is -2.17. The topological polar surface area (TPSA) is 87.5 Å². The van der Waals surface area contributed by atoms with E-state index in [2.05, 4.69) is 10.6 Å². The molecule has 26 heavy (non-hydrogen) atoms. The fraction of sp³-hybridized carbons (Fsp3) is 0.556. The first-order chi connectivity index (χ1) is 11.3. The second-order valence-corrected chi connectivity index (χ2v) is 6.39. The molecular weight excluding hydrogens is 375 g/mol. The molecule has 0 aromatic heterocycles. The Morgan fingerprint density at radius 1 is 1.12 bits per heavy atom. The highest BCUT2D eigenvalue weighted by Gasteiger charge is 2.18. The predicted octanol–water partition coefficient (Wildman–Crippen LogP) is 1.81. The molecular formula is C18H32Cl2N4O2. The van der Waals surface area contributed by atoms with Gasteiger partial charge in [-0.25, -0.2) is 0 Å². The maximum absolute atomic E-state index is 12.0. The van der Waals surface area contributed by atoms with Crippen molar-refractivity contribution in [1.82, 2.24) is 15.5 Å². The van der Waals surface area contributed by atoms with Crippen LogP contribution in [-0.2, 0) is 11.3 Å². The van der Waals surface area contributed by atoms with Gasteiger partial charge in [-0.1, -0.05) is 32.4 Å². The van der Waals surface area contributed by atoms with Gasteiger partial charge in [-0.3, -0.25) is 9.59 Å². The zero-order valence-electron chi connectivity index (χ0n) is 16.0. The van der Waals surface area contributed by atoms with Gasteiger partial charge in [-0.2, -0.15) is 0 Å². The van der Waals surface area contributed by atoms with Crippen molar-refractivity contribution < 1.29 is 9.59 Å². The Labute approximate surface area is 169 Å². The van der Waals surface area contributed by atoms with Crippen LogP contribution < -0.4 is 16.4 Å². The fourth-order valence-corrected chi connectivity index (χ4v) is 2.09. The maximum Gasteiger partial charge on any atom is 0.251 e. The van der Waals surface area contributed by atoms with E-state index >= 15 is 0 Å². The Bertz CT molecular complexity index is 538. The summed E-state index contributed by atoms with van der Waals surface area (Å²) < 4.78 is 0. The molecule has 0 aliphatic heterocycles. The summed E-state index contributed by atoms with van der Waals surface area (Å²) >= 11 is 0. The quantitative estimate of drug-likeness (QED) is 0.583. The molecule has 4 N–H and O–H groups in total. The van der Waals surface area contributed by atoms with Crippen molar-refractivity contribution in [3.8, 4) is 0 Å². The van der Waals surface area contributed by atoms with Gasteiger partial charge in [0.1, 0.15) is 0 Å². The second kappa shape index (κ2) is 13.8. The number of rotatable bonds is 9. The summed E-state index contributed by atoms with van der Waals surface area (Å²) in [7, 11) is 3.92. The largest absolute Gasteiger partial charge is 0.351 e. The number of carbonyl (C=O) groups is 2. The molecule has 0 fully saturated rings. The molecule has 2 atom stereocenters. The summed E-state index contributed by atoms with van der Waals surface area (Å²) in [6.07, 6.45) is 0.867. The molecule has 8 heteroatoms. The Hall–Kier alpha value is -1.34. The zero-order chi connectivity index (χ0) is 18.1. The van der Waals surface area contributed by atoms with E-state index in [-0.39, 0.29) is 42.5 Å². The lowest BCUT2D eigenvalue weighted by Crippen LogP contribution is -2.44. The van der Waals surface area contributed by atoms with Crippen LogP contribution in [0.2, 0.25) is 0 Å². The molecule has 0 heterocycles. The minimum absolute atomic E-state index is 0. The molecule has 0 bridgehead atoms. The van der Waals surface area contributed by atoms with Crippen LogP contribution >= 0.6 is 24.8 Å². The zero-order valence-corrected chi connectivity index (χ0v) is 17.6. The molecule has 0 saturated heterocycles. The van der Waals surface area contributed by atoms with Crippen LogP contribution in [0.5, 0.6) is 0 Å². The van der Waals surface area contributed by atoms with E-state index in [4.69, 9.17) is 5.73 Å². The third-order valence-electron chi connectivity index (χ3n) is 4.09. The number of halogens is 2. The molecule has 6 nitrogen and oxygen atoms in total. The van der Waals surface area contributed by atoms with Gasteiger partial charge in [-0.05, 0) is 37.7 Å². The highest BCUT2D eigenvalue weighted by atomic mass is 35.5. The lowest BCUT2D eigenvalue weighted by atomic mass is 9.99. The Kier molecular flexibility index (Phi) is 14.3. The SMILES string of the molecule is CCC(C)C(N)C(=O)NCc1ccc(C(=O)NCCN(C)C)cc1.Cl.Cl. The van der Waals surface area contributed by atoms with Crippen LogP contribution in [0.15, 0.2) is 24.3 Å². The number of hydrogen-bond donors (Lipinski definition) is 3. The summed E-state index contributed by atoms with van der Waals surface area (Å²) in [6.45, 7) is 5.79. The normalized spacial score (nSPS) is 12.4. The molecule has 150 valence electrons. The van der Waals surface area contributed by atoms with Gasteiger partial charge in [0.15, 0.2) is 0 Å². The van der Waals surface area contributed by atoms with Crippen molar-refractivity contribution in [2.45, 2.75) is 32.9 Å². The summed E-state index contributed by atoms with van der Waals surface area (Å²) in [6, 6.07) is 6.73. The van der Waals surface area contributed by atoms with E-state index in [1.54, 1.807) is 12.1 Å². The number of nitrogens with two attached hydrogens (primary N) is 1. The highest BCUT2D eigenvalue weighted by Crippen LogP contribution is 2.07. The lowest BCUT2D eigenvalue weighted by molar-refractivity contribution is -0.123. The summed E-state index contributed by atoms with van der Waals surface area (Å²) in [5, 5.41) is 5.71. The minimum atomic E-state index is -0.489. The van der Waals surface area contributed by atoms with Gasteiger partial charge >= 0.3 is 0 Å². The standard InChI is InChI=1S/C18H30N4O2.2ClH/c1-5-13(2)16(19)18(24)21-12-14-6-8-15(9-7-14)17(23)20-10-11-22(3)4;;/h6-9,13,16H,5,10-12,19H2,1-4H3,(H,20,23)(H,21,24);2*1H. The molecule has 2 amide bonds.